The van der Waals surface area contributed by atoms with Gasteiger partial charge in [0.15, 0.2) is 5.78 Å². The van der Waals surface area contributed by atoms with Crippen molar-refractivity contribution in [2.24, 2.45) is 0 Å². The lowest BCUT2D eigenvalue weighted by Gasteiger charge is -2.21. The first kappa shape index (κ1) is 12.0. The van der Waals surface area contributed by atoms with Gasteiger partial charge in [-0.05, 0) is 12.1 Å². The molecular formula is C12H13FO4. The second kappa shape index (κ2) is 5.25. The molecule has 0 aliphatic carbocycles. The first-order valence-corrected chi connectivity index (χ1v) is 5.29. The van der Waals surface area contributed by atoms with Gasteiger partial charge in [-0.25, -0.2) is 4.39 Å². The first-order valence-electron chi connectivity index (χ1n) is 5.29. The summed E-state index contributed by atoms with van der Waals surface area (Å²) in [6.45, 7) is 0.993. The predicted octanol–water partition coefficient (Wildman–Crippen LogP) is 1.43. The maximum atomic E-state index is 13.6. The summed E-state index contributed by atoms with van der Waals surface area (Å²) < 4.78 is 28.9. The fourth-order valence-corrected chi connectivity index (χ4v) is 1.64. The molecule has 92 valence electrons. The van der Waals surface area contributed by atoms with Crippen LogP contribution in [0.4, 0.5) is 4.39 Å². The molecule has 1 atom stereocenters. The minimum atomic E-state index is -0.716. The Morgan fingerprint density at radius 3 is 2.88 bits per heavy atom. The average molecular weight is 240 g/mol. The molecule has 1 unspecified atom stereocenters. The lowest BCUT2D eigenvalue weighted by Crippen LogP contribution is -2.35. The van der Waals surface area contributed by atoms with Crippen LogP contribution in [-0.2, 0) is 9.47 Å². The molecule has 1 fully saturated rings. The number of methoxy groups -OCH3 is 1. The first-order chi connectivity index (χ1) is 8.22. The highest BCUT2D eigenvalue weighted by Crippen LogP contribution is 2.19. The number of ether oxygens (including phenoxy) is 3. The summed E-state index contributed by atoms with van der Waals surface area (Å²) in [6.07, 6.45) is -0.716. The van der Waals surface area contributed by atoms with E-state index in [-0.39, 0.29) is 12.2 Å². The Balaban J connectivity index is 2.18. The smallest absolute Gasteiger partial charge is 0.196 e. The van der Waals surface area contributed by atoms with Crippen molar-refractivity contribution in [1.29, 1.82) is 0 Å². The van der Waals surface area contributed by atoms with Crippen LogP contribution in [0.25, 0.3) is 0 Å². The summed E-state index contributed by atoms with van der Waals surface area (Å²) in [6, 6.07) is 4.12. The molecule has 1 aliphatic heterocycles. The van der Waals surface area contributed by atoms with Crippen molar-refractivity contribution >= 4 is 5.78 Å². The Hall–Kier alpha value is -1.46. The molecule has 1 aromatic rings. The minimum absolute atomic E-state index is 0.00120. The molecule has 1 saturated heterocycles. The van der Waals surface area contributed by atoms with Crippen LogP contribution in [0.15, 0.2) is 18.2 Å². The summed E-state index contributed by atoms with van der Waals surface area (Å²) in [5.41, 5.74) is 0.00120. The molecule has 4 nitrogen and oxygen atoms in total. The van der Waals surface area contributed by atoms with Crippen molar-refractivity contribution in [3.8, 4) is 5.75 Å². The highest BCUT2D eigenvalue weighted by atomic mass is 19.1. The van der Waals surface area contributed by atoms with E-state index in [1.54, 1.807) is 6.07 Å². The number of rotatable bonds is 3. The summed E-state index contributed by atoms with van der Waals surface area (Å²) in [7, 11) is 1.44. The second-order valence-electron chi connectivity index (χ2n) is 3.64. The zero-order chi connectivity index (χ0) is 12.3. The summed E-state index contributed by atoms with van der Waals surface area (Å²) >= 11 is 0. The standard InChI is InChI=1S/C12H13FO4/c1-15-8-2-3-9(10(13)6-8)12(14)11-7-16-4-5-17-11/h2-3,6,11H,4-5,7H2,1H3. The van der Waals surface area contributed by atoms with Gasteiger partial charge in [0, 0.05) is 6.07 Å². The van der Waals surface area contributed by atoms with Gasteiger partial charge in [-0.1, -0.05) is 0 Å². The molecule has 17 heavy (non-hydrogen) atoms. The fourth-order valence-electron chi connectivity index (χ4n) is 1.64. The van der Waals surface area contributed by atoms with E-state index in [0.717, 1.165) is 0 Å². The van der Waals surface area contributed by atoms with E-state index < -0.39 is 17.7 Å². The lowest BCUT2D eigenvalue weighted by atomic mass is 10.1. The van der Waals surface area contributed by atoms with Crippen molar-refractivity contribution in [1.82, 2.24) is 0 Å². The minimum Gasteiger partial charge on any atom is -0.497 e. The summed E-state index contributed by atoms with van der Waals surface area (Å²) in [5.74, 6) is -0.631. The maximum Gasteiger partial charge on any atom is 0.196 e. The number of benzene rings is 1. The number of carbonyl (C=O) groups excluding carboxylic acids is 1. The third-order valence-corrected chi connectivity index (χ3v) is 2.55. The number of carbonyl (C=O) groups is 1. The Morgan fingerprint density at radius 1 is 1.47 bits per heavy atom. The van der Waals surface area contributed by atoms with E-state index in [1.807, 2.05) is 0 Å². The zero-order valence-corrected chi connectivity index (χ0v) is 9.44. The zero-order valence-electron chi connectivity index (χ0n) is 9.44. The quantitative estimate of drug-likeness (QED) is 0.750. The number of hydrogen-bond acceptors (Lipinski definition) is 4. The van der Waals surface area contributed by atoms with E-state index >= 15 is 0 Å². The van der Waals surface area contributed by atoms with Crippen molar-refractivity contribution < 1.29 is 23.4 Å². The normalized spacial score (nSPS) is 20.0. The van der Waals surface area contributed by atoms with Crippen molar-refractivity contribution in [3.05, 3.63) is 29.6 Å². The summed E-state index contributed by atoms with van der Waals surface area (Å²) in [5, 5.41) is 0. The van der Waals surface area contributed by atoms with E-state index in [0.29, 0.717) is 19.0 Å². The third kappa shape index (κ3) is 2.62. The Labute approximate surface area is 98.3 Å². The molecule has 0 N–H and O–H groups in total. The van der Waals surface area contributed by atoms with Crippen LogP contribution in [0.5, 0.6) is 5.75 Å². The molecule has 0 radical (unpaired) electrons. The number of ketones is 1. The van der Waals surface area contributed by atoms with E-state index in [4.69, 9.17) is 14.2 Å². The number of hydrogen-bond donors (Lipinski definition) is 0. The molecule has 2 rings (SSSR count). The highest BCUT2D eigenvalue weighted by molar-refractivity contribution is 6.00. The Kier molecular flexibility index (Phi) is 3.71. The third-order valence-electron chi connectivity index (χ3n) is 2.55. The topological polar surface area (TPSA) is 44.8 Å². The second-order valence-corrected chi connectivity index (χ2v) is 3.64. The number of Topliss-reactive ketones (excluding diaryl/α,β-unsaturated/α-hetero) is 1. The highest BCUT2D eigenvalue weighted by Gasteiger charge is 2.26. The van der Waals surface area contributed by atoms with Gasteiger partial charge in [0.05, 0.1) is 32.5 Å². The van der Waals surface area contributed by atoms with Crippen LogP contribution in [0.2, 0.25) is 0 Å². The Bertz CT molecular complexity index is 413. The van der Waals surface area contributed by atoms with E-state index in [2.05, 4.69) is 0 Å². The molecule has 0 bridgehead atoms. The van der Waals surface area contributed by atoms with Crippen LogP contribution >= 0.6 is 0 Å². The molecule has 0 spiro atoms. The van der Waals surface area contributed by atoms with Gasteiger partial charge in [-0.3, -0.25) is 4.79 Å². The van der Waals surface area contributed by atoms with Gasteiger partial charge in [-0.15, -0.1) is 0 Å². The van der Waals surface area contributed by atoms with Crippen LogP contribution in [-0.4, -0.2) is 38.8 Å². The monoisotopic (exact) mass is 240 g/mol. The largest absolute Gasteiger partial charge is 0.497 e. The fraction of sp³-hybridized carbons (Fsp3) is 0.417. The van der Waals surface area contributed by atoms with Gasteiger partial charge < -0.3 is 14.2 Å². The predicted molar refractivity (Wildman–Crippen MR) is 57.8 cm³/mol. The lowest BCUT2D eigenvalue weighted by molar-refractivity contribution is -0.0720. The molecule has 1 aliphatic rings. The molecule has 0 aromatic heterocycles. The molecule has 1 aromatic carbocycles. The molecule has 0 amide bonds. The van der Waals surface area contributed by atoms with E-state index in [1.165, 1.54) is 19.2 Å². The van der Waals surface area contributed by atoms with Gasteiger partial charge in [0.2, 0.25) is 0 Å². The van der Waals surface area contributed by atoms with Gasteiger partial charge in [0.1, 0.15) is 17.7 Å². The van der Waals surface area contributed by atoms with Crippen molar-refractivity contribution in [2.45, 2.75) is 6.10 Å². The molecule has 5 heteroatoms. The SMILES string of the molecule is COc1ccc(C(=O)C2COCCO2)c(F)c1. The van der Waals surface area contributed by atoms with Gasteiger partial charge >= 0.3 is 0 Å². The van der Waals surface area contributed by atoms with Gasteiger partial charge in [-0.2, -0.15) is 0 Å². The average Bonchev–Trinajstić information content (AvgIpc) is 2.39. The van der Waals surface area contributed by atoms with Crippen LogP contribution in [0.1, 0.15) is 10.4 Å². The molecule has 1 heterocycles. The number of halogens is 1. The molecular weight excluding hydrogens is 227 g/mol. The van der Waals surface area contributed by atoms with Crippen LogP contribution < -0.4 is 4.74 Å². The van der Waals surface area contributed by atoms with Crippen molar-refractivity contribution in [2.75, 3.05) is 26.9 Å². The summed E-state index contributed by atoms with van der Waals surface area (Å²) in [4.78, 5) is 11.9. The van der Waals surface area contributed by atoms with E-state index in [9.17, 15) is 9.18 Å². The maximum absolute atomic E-state index is 13.6. The van der Waals surface area contributed by atoms with Crippen molar-refractivity contribution in [3.63, 3.8) is 0 Å². The van der Waals surface area contributed by atoms with Crippen LogP contribution in [0.3, 0.4) is 0 Å². The molecule has 0 saturated carbocycles. The Morgan fingerprint density at radius 2 is 2.29 bits per heavy atom. The van der Waals surface area contributed by atoms with Gasteiger partial charge in [0.25, 0.3) is 0 Å². The van der Waals surface area contributed by atoms with Crippen LogP contribution in [0, 0.1) is 5.82 Å².